The molecule has 0 saturated carbocycles. The first-order valence-electron chi connectivity index (χ1n) is 8.89. The summed E-state index contributed by atoms with van der Waals surface area (Å²) >= 11 is 0. The van der Waals surface area contributed by atoms with Crippen LogP contribution in [0.5, 0.6) is 0 Å². The van der Waals surface area contributed by atoms with Gasteiger partial charge < -0.3 is 9.84 Å². The van der Waals surface area contributed by atoms with Crippen molar-refractivity contribution in [1.82, 2.24) is 4.90 Å². The van der Waals surface area contributed by atoms with Crippen molar-refractivity contribution in [2.45, 2.75) is 37.1 Å². The lowest BCUT2D eigenvalue weighted by Crippen LogP contribution is -2.60. The van der Waals surface area contributed by atoms with Gasteiger partial charge in [-0.3, -0.25) is 4.90 Å². The van der Waals surface area contributed by atoms with E-state index in [2.05, 4.69) is 17.0 Å². The van der Waals surface area contributed by atoms with E-state index in [0.29, 0.717) is 31.6 Å². The average molecular weight is 352 g/mol. The number of nitriles is 1. The molecule has 5 heteroatoms. The minimum atomic E-state index is -1.10. The Kier molecular flexibility index (Phi) is 4.49. The molecule has 2 aliphatic heterocycles. The number of ether oxygens (including phenoxy) is 1. The summed E-state index contributed by atoms with van der Waals surface area (Å²) in [6, 6.07) is 16.7. The Balaban J connectivity index is 1.59. The summed E-state index contributed by atoms with van der Waals surface area (Å²) in [5.41, 5.74) is 0.688. The fourth-order valence-corrected chi connectivity index (χ4v) is 4.23. The van der Waals surface area contributed by atoms with Crippen LogP contribution in [0.1, 0.15) is 29.5 Å². The molecule has 2 aromatic carbocycles. The summed E-state index contributed by atoms with van der Waals surface area (Å²) in [7, 11) is 0. The minimum absolute atomic E-state index is 0.00221. The predicted molar refractivity (Wildman–Crippen MR) is 94.6 cm³/mol. The molecule has 2 fully saturated rings. The van der Waals surface area contributed by atoms with Crippen LogP contribution in [0.25, 0.3) is 0 Å². The highest BCUT2D eigenvalue weighted by molar-refractivity contribution is 5.36. The molecule has 0 aliphatic carbocycles. The summed E-state index contributed by atoms with van der Waals surface area (Å²) < 4.78 is 19.8. The quantitative estimate of drug-likeness (QED) is 0.923. The highest BCUT2D eigenvalue weighted by atomic mass is 19.1. The van der Waals surface area contributed by atoms with Gasteiger partial charge in [0.1, 0.15) is 11.9 Å². The normalized spacial score (nSPS) is 28.5. The maximum absolute atomic E-state index is 14.1. The molecule has 2 aromatic rings. The molecular weight excluding hydrogens is 331 g/mol. The Morgan fingerprint density at radius 1 is 1.15 bits per heavy atom. The van der Waals surface area contributed by atoms with E-state index in [4.69, 9.17) is 10.00 Å². The minimum Gasteiger partial charge on any atom is -0.385 e. The molecule has 2 saturated heterocycles. The van der Waals surface area contributed by atoms with E-state index < -0.39 is 11.4 Å². The molecule has 0 amide bonds. The van der Waals surface area contributed by atoms with Gasteiger partial charge in [-0.2, -0.15) is 5.26 Å². The Hall–Kier alpha value is -2.26. The fourth-order valence-electron chi connectivity index (χ4n) is 4.23. The summed E-state index contributed by atoms with van der Waals surface area (Å²) in [5, 5.41) is 20.2. The zero-order valence-corrected chi connectivity index (χ0v) is 14.4. The number of piperidine rings is 1. The number of benzene rings is 2. The largest absolute Gasteiger partial charge is 0.385 e. The van der Waals surface area contributed by atoms with Crippen molar-refractivity contribution in [1.29, 1.82) is 5.26 Å². The molecule has 134 valence electrons. The first-order chi connectivity index (χ1) is 12.6. The van der Waals surface area contributed by atoms with Crippen molar-refractivity contribution >= 4 is 0 Å². The third kappa shape index (κ3) is 3.12. The van der Waals surface area contributed by atoms with Crippen LogP contribution < -0.4 is 0 Å². The first-order valence-corrected chi connectivity index (χ1v) is 8.89. The summed E-state index contributed by atoms with van der Waals surface area (Å²) in [5.74, 6) is -0.577. The summed E-state index contributed by atoms with van der Waals surface area (Å²) in [6.07, 6.45) is 0.976. The van der Waals surface area contributed by atoms with Crippen molar-refractivity contribution in [3.05, 3.63) is 71.0 Å². The molecule has 26 heavy (non-hydrogen) atoms. The molecule has 0 radical (unpaired) electrons. The van der Waals surface area contributed by atoms with Crippen LogP contribution in [0.15, 0.2) is 48.5 Å². The molecule has 1 N–H and O–H groups in total. The van der Waals surface area contributed by atoms with Gasteiger partial charge in [0.25, 0.3) is 0 Å². The molecule has 0 aromatic heterocycles. The van der Waals surface area contributed by atoms with E-state index in [9.17, 15) is 9.50 Å². The second-order valence-corrected chi connectivity index (χ2v) is 7.25. The second kappa shape index (κ2) is 6.81. The van der Waals surface area contributed by atoms with Gasteiger partial charge in [-0.1, -0.05) is 36.4 Å². The van der Waals surface area contributed by atoms with Crippen molar-refractivity contribution in [3.63, 3.8) is 0 Å². The Morgan fingerprint density at radius 3 is 2.46 bits per heavy atom. The number of rotatable bonds is 3. The molecular formula is C21H21FN2O2. The average Bonchev–Trinajstić information content (AvgIpc) is 2.63. The van der Waals surface area contributed by atoms with Gasteiger partial charge in [0.05, 0.1) is 24.4 Å². The number of nitrogens with zero attached hydrogens (tertiary/aromatic N) is 2. The molecule has 0 spiro atoms. The van der Waals surface area contributed by atoms with Gasteiger partial charge in [-0.05, 0) is 36.1 Å². The van der Waals surface area contributed by atoms with Crippen molar-refractivity contribution in [2.75, 3.05) is 13.2 Å². The number of halogens is 1. The molecule has 2 unspecified atom stereocenters. The second-order valence-electron chi connectivity index (χ2n) is 7.25. The first kappa shape index (κ1) is 17.2. The van der Waals surface area contributed by atoms with Crippen LogP contribution in [0.2, 0.25) is 0 Å². The molecule has 2 heterocycles. The maximum atomic E-state index is 14.1. The molecule has 2 aliphatic rings. The maximum Gasteiger partial charge on any atom is 0.141 e. The summed E-state index contributed by atoms with van der Waals surface area (Å²) in [6.45, 7) is 1.94. The smallest absolute Gasteiger partial charge is 0.141 e. The van der Waals surface area contributed by atoms with Crippen LogP contribution in [-0.2, 0) is 16.9 Å². The standard InChI is InChI=1S/C21H21FN2O2/c22-20-8-17(7-6-16(20)11-23)21(25)9-18-13-26-14-19(10-21)24(18)12-15-4-2-1-3-5-15/h1-8,18-19,25H,9-10,12-14H2. The van der Waals surface area contributed by atoms with Crippen LogP contribution in [0, 0.1) is 17.1 Å². The van der Waals surface area contributed by atoms with Gasteiger partial charge >= 0.3 is 0 Å². The van der Waals surface area contributed by atoms with Crippen molar-refractivity contribution in [2.24, 2.45) is 0 Å². The third-order valence-electron chi connectivity index (χ3n) is 5.54. The number of hydrogen-bond acceptors (Lipinski definition) is 4. The lowest BCUT2D eigenvalue weighted by molar-refractivity contribution is -0.149. The summed E-state index contributed by atoms with van der Waals surface area (Å²) in [4.78, 5) is 2.40. The monoisotopic (exact) mass is 352 g/mol. The van der Waals surface area contributed by atoms with Gasteiger partial charge in [0.2, 0.25) is 0 Å². The SMILES string of the molecule is N#Cc1ccc(C2(O)CC3COCC(C2)N3Cc2ccccc2)cc1F. The zero-order valence-electron chi connectivity index (χ0n) is 14.4. The number of fused-ring (bicyclic) bond motifs is 2. The molecule has 4 rings (SSSR count). The van der Waals surface area contributed by atoms with E-state index in [1.807, 2.05) is 24.3 Å². The van der Waals surface area contributed by atoms with Crippen LogP contribution in [-0.4, -0.2) is 35.3 Å². The molecule has 2 atom stereocenters. The van der Waals surface area contributed by atoms with E-state index >= 15 is 0 Å². The Labute approximate surface area is 152 Å². The van der Waals surface area contributed by atoms with E-state index in [1.54, 1.807) is 6.07 Å². The lowest BCUT2D eigenvalue weighted by atomic mass is 9.76. The van der Waals surface area contributed by atoms with Crippen LogP contribution in [0.3, 0.4) is 0 Å². The van der Waals surface area contributed by atoms with E-state index in [0.717, 1.165) is 6.54 Å². The molecule has 4 nitrogen and oxygen atoms in total. The Bertz CT molecular complexity index is 820. The fraction of sp³-hybridized carbons (Fsp3) is 0.381. The number of hydrogen-bond donors (Lipinski definition) is 1. The highest BCUT2D eigenvalue weighted by Crippen LogP contribution is 2.41. The van der Waals surface area contributed by atoms with Gasteiger partial charge in [0, 0.05) is 18.6 Å². The Morgan fingerprint density at radius 2 is 1.85 bits per heavy atom. The third-order valence-corrected chi connectivity index (χ3v) is 5.54. The lowest BCUT2D eigenvalue weighted by Gasteiger charge is -2.52. The van der Waals surface area contributed by atoms with Crippen molar-refractivity contribution < 1.29 is 14.2 Å². The van der Waals surface area contributed by atoms with Crippen LogP contribution in [0.4, 0.5) is 4.39 Å². The van der Waals surface area contributed by atoms with Crippen LogP contribution >= 0.6 is 0 Å². The highest BCUT2D eigenvalue weighted by Gasteiger charge is 2.47. The van der Waals surface area contributed by atoms with Gasteiger partial charge in [0.15, 0.2) is 0 Å². The van der Waals surface area contributed by atoms with E-state index in [-0.39, 0.29) is 17.6 Å². The number of aliphatic hydroxyl groups is 1. The predicted octanol–water partition coefficient (Wildman–Crippen LogP) is 2.95. The molecule has 2 bridgehead atoms. The van der Waals surface area contributed by atoms with E-state index in [1.165, 1.54) is 17.7 Å². The number of morpholine rings is 1. The van der Waals surface area contributed by atoms with Gasteiger partial charge in [-0.25, -0.2) is 4.39 Å². The zero-order chi connectivity index (χ0) is 18.1. The van der Waals surface area contributed by atoms with Crippen molar-refractivity contribution in [3.8, 4) is 6.07 Å². The topological polar surface area (TPSA) is 56.5 Å². The van der Waals surface area contributed by atoms with Gasteiger partial charge in [-0.15, -0.1) is 0 Å².